The summed E-state index contributed by atoms with van der Waals surface area (Å²) in [5.41, 5.74) is 3.85. The molecule has 2 aromatic rings. The molecule has 0 fully saturated rings. The fraction of sp³-hybridized carbons (Fsp3) is 0.294. The number of carbonyl (C=O) groups is 2. The Balaban J connectivity index is 1.86. The van der Waals surface area contributed by atoms with E-state index >= 15 is 0 Å². The molecule has 0 unspecified atom stereocenters. The minimum atomic E-state index is -0.226. The van der Waals surface area contributed by atoms with Crippen molar-refractivity contribution in [3.8, 4) is 0 Å². The number of aryl methyl sites for hydroxylation is 2. The Hall–Kier alpha value is -2.36. The van der Waals surface area contributed by atoms with Crippen LogP contribution < -0.4 is 5.32 Å². The molecule has 4 heteroatoms. The van der Waals surface area contributed by atoms with E-state index in [2.05, 4.69) is 17.2 Å². The van der Waals surface area contributed by atoms with Gasteiger partial charge in [0.05, 0.1) is 11.1 Å². The van der Waals surface area contributed by atoms with Crippen LogP contribution in [0, 0.1) is 0 Å². The summed E-state index contributed by atoms with van der Waals surface area (Å²) in [4.78, 5) is 27.5. The lowest BCUT2D eigenvalue weighted by Crippen LogP contribution is -2.18. The molecule has 1 heterocycles. The Morgan fingerprint density at radius 3 is 3.00 bits per heavy atom. The fourth-order valence-corrected chi connectivity index (χ4v) is 2.78. The van der Waals surface area contributed by atoms with Crippen LogP contribution in [0.1, 0.15) is 51.7 Å². The standard InChI is InChI=1S/C17H18N2O2/c1-2-11-5-3-6-12(9-11)19-17(21)13-10-18-14-7-4-8-15(20)16(13)14/h3,5-6,9-10,18H,2,4,7-8H2,1H3,(H,19,21). The first-order chi connectivity index (χ1) is 10.2. The summed E-state index contributed by atoms with van der Waals surface area (Å²) in [5.74, 6) is -0.166. The molecule has 4 nitrogen and oxygen atoms in total. The lowest BCUT2D eigenvalue weighted by atomic mass is 9.93. The average molecular weight is 282 g/mol. The summed E-state index contributed by atoms with van der Waals surface area (Å²) in [6.45, 7) is 2.07. The number of nitrogens with one attached hydrogen (secondary N) is 2. The van der Waals surface area contributed by atoms with Crippen molar-refractivity contribution >= 4 is 17.4 Å². The molecule has 1 aliphatic rings. The van der Waals surface area contributed by atoms with Crippen LogP contribution in [0.5, 0.6) is 0 Å². The number of anilines is 1. The van der Waals surface area contributed by atoms with Gasteiger partial charge in [0.1, 0.15) is 0 Å². The van der Waals surface area contributed by atoms with Crippen molar-refractivity contribution in [2.75, 3.05) is 5.32 Å². The Kier molecular flexibility index (Phi) is 3.60. The largest absolute Gasteiger partial charge is 0.364 e. The number of ketones is 1. The molecule has 1 amide bonds. The van der Waals surface area contributed by atoms with Crippen LogP contribution in [-0.2, 0) is 12.8 Å². The molecule has 2 N–H and O–H groups in total. The van der Waals surface area contributed by atoms with Crippen LogP contribution >= 0.6 is 0 Å². The highest BCUT2D eigenvalue weighted by Crippen LogP contribution is 2.24. The maximum atomic E-state index is 12.4. The van der Waals surface area contributed by atoms with Gasteiger partial charge in [-0.15, -0.1) is 0 Å². The van der Waals surface area contributed by atoms with Gasteiger partial charge in [-0.25, -0.2) is 0 Å². The van der Waals surface area contributed by atoms with Crippen molar-refractivity contribution in [1.29, 1.82) is 0 Å². The number of hydrogen-bond donors (Lipinski definition) is 2. The van der Waals surface area contributed by atoms with Crippen LogP contribution in [0.15, 0.2) is 30.5 Å². The number of H-pyrrole nitrogens is 1. The smallest absolute Gasteiger partial charge is 0.257 e. The van der Waals surface area contributed by atoms with Crippen molar-refractivity contribution in [2.24, 2.45) is 0 Å². The summed E-state index contributed by atoms with van der Waals surface area (Å²) < 4.78 is 0. The number of benzene rings is 1. The summed E-state index contributed by atoms with van der Waals surface area (Å²) in [7, 11) is 0. The van der Waals surface area contributed by atoms with Crippen molar-refractivity contribution in [2.45, 2.75) is 32.6 Å². The first-order valence-corrected chi connectivity index (χ1v) is 7.32. The SMILES string of the molecule is CCc1cccc(NC(=O)c2c[nH]c3c2C(=O)CCC3)c1. The number of aromatic amines is 1. The Labute approximate surface area is 123 Å². The van der Waals surface area contributed by atoms with Gasteiger partial charge in [-0.2, -0.15) is 0 Å². The van der Waals surface area contributed by atoms with E-state index < -0.39 is 0 Å². The number of aromatic nitrogens is 1. The van der Waals surface area contributed by atoms with Gasteiger partial charge in [0, 0.05) is 24.0 Å². The zero-order valence-electron chi connectivity index (χ0n) is 12.0. The van der Waals surface area contributed by atoms with Crippen LogP contribution in [0.3, 0.4) is 0 Å². The lowest BCUT2D eigenvalue weighted by Gasteiger charge is -2.12. The van der Waals surface area contributed by atoms with Crippen molar-refractivity contribution in [3.63, 3.8) is 0 Å². The van der Waals surface area contributed by atoms with Gasteiger partial charge in [-0.05, 0) is 37.0 Å². The van der Waals surface area contributed by atoms with Gasteiger partial charge in [-0.1, -0.05) is 19.1 Å². The Morgan fingerprint density at radius 1 is 1.33 bits per heavy atom. The molecule has 0 saturated carbocycles. The number of rotatable bonds is 3. The molecule has 0 spiro atoms. The second kappa shape index (κ2) is 5.56. The summed E-state index contributed by atoms with van der Waals surface area (Å²) in [5, 5.41) is 2.88. The minimum Gasteiger partial charge on any atom is -0.364 e. The molecule has 0 aliphatic heterocycles. The van der Waals surface area contributed by atoms with Crippen LogP contribution in [0.25, 0.3) is 0 Å². The highest BCUT2D eigenvalue weighted by molar-refractivity contribution is 6.13. The van der Waals surface area contributed by atoms with E-state index in [1.807, 2.05) is 24.3 Å². The van der Waals surface area contributed by atoms with E-state index in [4.69, 9.17) is 0 Å². The normalized spacial score (nSPS) is 13.9. The summed E-state index contributed by atoms with van der Waals surface area (Å²) >= 11 is 0. The molecule has 0 atom stereocenters. The van der Waals surface area contributed by atoms with Gasteiger partial charge in [-0.3, -0.25) is 9.59 Å². The zero-order valence-corrected chi connectivity index (χ0v) is 12.0. The second-order valence-electron chi connectivity index (χ2n) is 5.34. The van der Waals surface area contributed by atoms with Crippen LogP contribution in [-0.4, -0.2) is 16.7 Å². The average Bonchev–Trinajstić information content (AvgIpc) is 2.93. The third-order valence-corrected chi connectivity index (χ3v) is 3.91. The van der Waals surface area contributed by atoms with Gasteiger partial charge >= 0.3 is 0 Å². The number of carbonyl (C=O) groups excluding carboxylic acids is 2. The van der Waals surface area contributed by atoms with Crippen molar-refractivity contribution < 1.29 is 9.59 Å². The molecular weight excluding hydrogens is 264 g/mol. The molecule has 0 saturated heterocycles. The van der Waals surface area contributed by atoms with E-state index in [1.165, 1.54) is 5.56 Å². The molecule has 0 bridgehead atoms. The highest BCUT2D eigenvalue weighted by atomic mass is 16.2. The zero-order chi connectivity index (χ0) is 14.8. The molecule has 1 aromatic carbocycles. The van der Waals surface area contributed by atoms with Crippen molar-refractivity contribution in [1.82, 2.24) is 4.98 Å². The van der Waals surface area contributed by atoms with Crippen molar-refractivity contribution in [3.05, 3.63) is 52.8 Å². The van der Waals surface area contributed by atoms with Crippen LogP contribution in [0.2, 0.25) is 0 Å². The number of fused-ring (bicyclic) bond motifs is 1. The maximum absolute atomic E-state index is 12.4. The monoisotopic (exact) mass is 282 g/mol. The number of amides is 1. The molecular formula is C17H18N2O2. The molecule has 108 valence electrons. The summed E-state index contributed by atoms with van der Waals surface area (Å²) in [6.07, 6.45) is 4.77. The van der Waals surface area contributed by atoms with Gasteiger partial charge < -0.3 is 10.3 Å². The lowest BCUT2D eigenvalue weighted by molar-refractivity contribution is 0.0956. The number of Topliss-reactive ketones (excluding diaryl/α,β-unsaturated/α-hetero) is 1. The highest BCUT2D eigenvalue weighted by Gasteiger charge is 2.25. The second-order valence-corrected chi connectivity index (χ2v) is 5.34. The molecule has 1 aromatic heterocycles. The topological polar surface area (TPSA) is 62.0 Å². The predicted molar refractivity (Wildman–Crippen MR) is 81.8 cm³/mol. The number of hydrogen-bond acceptors (Lipinski definition) is 2. The van der Waals surface area contributed by atoms with E-state index in [1.54, 1.807) is 6.20 Å². The first-order valence-electron chi connectivity index (χ1n) is 7.32. The van der Waals surface area contributed by atoms with Gasteiger partial charge in [0.2, 0.25) is 0 Å². The molecule has 3 rings (SSSR count). The van der Waals surface area contributed by atoms with Gasteiger partial charge in [0.25, 0.3) is 5.91 Å². The minimum absolute atomic E-state index is 0.0601. The Morgan fingerprint density at radius 2 is 2.19 bits per heavy atom. The molecule has 21 heavy (non-hydrogen) atoms. The van der Waals surface area contributed by atoms with E-state index in [-0.39, 0.29) is 11.7 Å². The van der Waals surface area contributed by atoms with Gasteiger partial charge in [0.15, 0.2) is 5.78 Å². The molecule has 0 radical (unpaired) electrons. The van der Waals surface area contributed by atoms with E-state index in [0.29, 0.717) is 17.5 Å². The van der Waals surface area contributed by atoms with Crippen LogP contribution in [0.4, 0.5) is 5.69 Å². The maximum Gasteiger partial charge on any atom is 0.257 e. The first kappa shape index (κ1) is 13.6. The third-order valence-electron chi connectivity index (χ3n) is 3.91. The van der Waals surface area contributed by atoms with E-state index in [0.717, 1.165) is 30.6 Å². The third kappa shape index (κ3) is 2.61. The predicted octanol–water partition coefficient (Wildman–Crippen LogP) is 3.35. The Bertz CT molecular complexity index is 701. The molecule has 1 aliphatic carbocycles. The quantitative estimate of drug-likeness (QED) is 0.906. The summed E-state index contributed by atoms with van der Waals surface area (Å²) in [6, 6.07) is 7.76. The van der Waals surface area contributed by atoms with E-state index in [9.17, 15) is 9.59 Å². The fourth-order valence-electron chi connectivity index (χ4n) is 2.78.